The van der Waals surface area contributed by atoms with Gasteiger partial charge < -0.3 is 9.47 Å². The Labute approximate surface area is 141 Å². The number of hydrogen-bond acceptors (Lipinski definition) is 4. The zero-order chi connectivity index (χ0) is 17.0. The van der Waals surface area contributed by atoms with Gasteiger partial charge in [-0.1, -0.05) is 60.7 Å². The van der Waals surface area contributed by atoms with Crippen LogP contribution >= 0.6 is 0 Å². The molecule has 0 saturated carbocycles. The Balaban J connectivity index is 1.65. The van der Waals surface area contributed by atoms with Crippen molar-refractivity contribution in [2.45, 2.75) is 12.8 Å². The molecule has 24 heavy (non-hydrogen) atoms. The second-order valence-corrected chi connectivity index (χ2v) is 4.91. The second kappa shape index (κ2) is 9.79. The van der Waals surface area contributed by atoms with Crippen LogP contribution in [0.2, 0.25) is 0 Å². The van der Waals surface area contributed by atoms with Crippen LogP contribution < -0.4 is 0 Å². The average molecular weight is 322 g/mol. The predicted octanol–water partition coefficient (Wildman–Crippen LogP) is 4.19. The summed E-state index contributed by atoms with van der Waals surface area (Å²) in [6.07, 6.45) is 5.93. The van der Waals surface area contributed by atoms with Crippen LogP contribution in [-0.2, 0) is 19.1 Å². The van der Waals surface area contributed by atoms with Crippen molar-refractivity contribution >= 4 is 24.1 Å². The van der Waals surface area contributed by atoms with E-state index in [4.69, 9.17) is 9.47 Å². The highest BCUT2D eigenvalue weighted by Crippen LogP contribution is 2.04. The Morgan fingerprint density at radius 3 is 1.42 bits per heavy atom. The van der Waals surface area contributed by atoms with Crippen molar-refractivity contribution < 1.29 is 19.1 Å². The lowest BCUT2D eigenvalue weighted by atomic mass is 10.2. The summed E-state index contributed by atoms with van der Waals surface area (Å²) in [6.45, 7) is 0. The number of benzene rings is 2. The molecule has 0 aliphatic heterocycles. The average Bonchev–Trinajstić information content (AvgIpc) is 2.62. The molecule has 4 nitrogen and oxygen atoms in total. The molecule has 2 rings (SSSR count). The molecule has 0 saturated heterocycles. The summed E-state index contributed by atoms with van der Waals surface area (Å²) in [5, 5.41) is 0. The summed E-state index contributed by atoms with van der Waals surface area (Å²) >= 11 is 0. The third kappa shape index (κ3) is 6.75. The first-order chi connectivity index (χ1) is 11.7. The monoisotopic (exact) mass is 322 g/mol. The fraction of sp³-hybridized carbons (Fsp3) is 0.100. The molecule has 0 atom stereocenters. The van der Waals surface area contributed by atoms with Crippen molar-refractivity contribution in [2.75, 3.05) is 0 Å². The number of carbonyl (C=O) groups excluding carboxylic acids is 2. The quantitative estimate of drug-likeness (QED) is 0.566. The van der Waals surface area contributed by atoms with Crippen LogP contribution in [0.3, 0.4) is 0 Å². The van der Waals surface area contributed by atoms with Crippen LogP contribution in [0.25, 0.3) is 12.2 Å². The number of ether oxygens (including phenoxy) is 2. The summed E-state index contributed by atoms with van der Waals surface area (Å²) in [5.41, 5.74) is 1.85. The van der Waals surface area contributed by atoms with Gasteiger partial charge >= 0.3 is 11.9 Å². The summed E-state index contributed by atoms with van der Waals surface area (Å²) < 4.78 is 9.85. The Kier molecular flexibility index (Phi) is 7.02. The van der Waals surface area contributed by atoms with Crippen molar-refractivity contribution in [3.05, 3.63) is 84.3 Å². The standard InChI is InChI=1S/C20H18O4/c21-19(23-15-13-17-7-3-1-4-8-17)11-12-20(22)24-16-14-18-9-5-2-6-10-18/h1-10,13-16H,11-12H2. The molecule has 122 valence electrons. The molecule has 0 bridgehead atoms. The molecule has 0 spiro atoms. The van der Waals surface area contributed by atoms with E-state index in [0.29, 0.717) is 0 Å². The molecular formula is C20H18O4. The zero-order valence-electron chi connectivity index (χ0n) is 13.1. The molecule has 0 heterocycles. The molecule has 0 aromatic heterocycles. The van der Waals surface area contributed by atoms with Crippen molar-refractivity contribution in [1.29, 1.82) is 0 Å². The Morgan fingerprint density at radius 1 is 0.667 bits per heavy atom. The summed E-state index contributed by atoms with van der Waals surface area (Å²) in [4.78, 5) is 23.1. The lowest BCUT2D eigenvalue weighted by Gasteiger charge is -2.00. The summed E-state index contributed by atoms with van der Waals surface area (Å²) in [6, 6.07) is 18.9. The second-order valence-electron chi connectivity index (χ2n) is 4.91. The molecule has 0 aliphatic rings. The highest BCUT2D eigenvalue weighted by atomic mass is 16.5. The van der Waals surface area contributed by atoms with Gasteiger partial charge in [0, 0.05) is 0 Å². The van der Waals surface area contributed by atoms with Gasteiger partial charge in [-0.2, -0.15) is 0 Å². The smallest absolute Gasteiger partial charge is 0.311 e. The van der Waals surface area contributed by atoms with Gasteiger partial charge in [-0.05, 0) is 23.3 Å². The number of carbonyl (C=O) groups is 2. The van der Waals surface area contributed by atoms with E-state index in [1.165, 1.54) is 12.5 Å². The van der Waals surface area contributed by atoms with Crippen molar-refractivity contribution in [3.63, 3.8) is 0 Å². The Bertz CT molecular complexity index is 639. The molecule has 0 unspecified atom stereocenters. The first-order valence-electron chi connectivity index (χ1n) is 7.56. The minimum atomic E-state index is -0.480. The summed E-state index contributed by atoms with van der Waals surface area (Å²) in [7, 11) is 0. The van der Waals surface area contributed by atoms with Crippen molar-refractivity contribution in [2.24, 2.45) is 0 Å². The highest BCUT2D eigenvalue weighted by Gasteiger charge is 2.07. The fourth-order valence-corrected chi connectivity index (χ4v) is 1.83. The van der Waals surface area contributed by atoms with Crippen LogP contribution in [0.4, 0.5) is 0 Å². The molecule has 0 amide bonds. The van der Waals surface area contributed by atoms with E-state index in [1.54, 1.807) is 12.2 Å². The highest BCUT2D eigenvalue weighted by molar-refractivity contribution is 5.78. The molecular weight excluding hydrogens is 304 g/mol. The third-order valence-corrected chi connectivity index (χ3v) is 3.05. The van der Waals surface area contributed by atoms with Gasteiger partial charge in [0.2, 0.25) is 0 Å². The lowest BCUT2D eigenvalue weighted by Crippen LogP contribution is -2.06. The fourth-order valence-electron chi connectivity index (χ4n) is 1.83. The Morgan fingerprint density at radius 2 is 1.04 bits per heavy atom. The van der Waals surface area contributed by atoms with E-state index in [1.807, 2.05) is 60.7 Å². The van der Waals surface area contributed by atoms with E-state index in [2.05, 4.69) is 0 Å². The first-order valence-corrected chi connectivity index (χ1v) is 7.56. The van der Waals surface area contributed by atoms with Gasteiger partial charge in [0.25, 0.3) is 0 Å². The maximum atomic E-state index is 11.5. The van der Waals surface area contributed by atoms with Gasteiger partial charge in [-0.25, -0.2) is 0 Å². The topological polar surface area (TPSA) is 52.6 Å². The van der Waals surface area contributed by atoms with Crippen LogP contribution in [0, 0.1) is 0 Å². The molecule has 2 aromatic rings. The molecule has 0 radical (unpaired) electrons. The van der Waals surface area contributed by atoms with E-state index < -0.39 is 11.9 Å². The molecule has 0 N–H and O–H groups in total. The molecule has 0 aliphatic carbocycles. The normalized spacial score (nSPS) is 10.8. The van der Waals surface area contributed by atoms with Gasteiger partial charge in [-0.15, -0.1) is 0 Å². The zero-order valence-corrected chi connectivity index (χ0v) is 13.1. The van der Waals surface area contributed by atoms with Gasteiger partial charge in [0.15, 0.2) is 0 Å². The third-order valence-electron chi connectivity index (χ3n) is 3.05. The lowest BCUT2D eigenvalue weighted by molar-refractivity contribution is -0.144. The molecule has 0 fully saturated rings. The maximum absolute atomic E-state index is 11.5. The van der Waals surface area contributed by atoms with Crippen LogP contribution in [0.5, 0.6) is 0 Å². The summed E-state index contributed by atoms with van der Waals surface area (Å²) in [5.74, 6) is -0.961. The number of esters is 2. The van der Waals surface area contributed by atoms with E-state index in [0.717, 1.165) is 11.1 Å². The SMILES string of the molecule is O=C(CCC(=O)OC=Cc1ccccc1)OC=Cc1ccccc1. The van der Waals surface area contributed by atoms with E-state index >= 15 is 0 Å². The minimum absolute atomic E-state index is 0.0306. The Hall–Kier alpha value is -3.14. The predicted molar refractivity (Wildman–Crippen MR) is 92.4 cm³/mol. The minimum Gasteiger partial charge on any atom is -0.434 e. The maximum Gasteiger partial charge on any atom is 0.311 e. The van der Waals surface area contributed by atoms with E-state index in [-0.39, 0.29) is 12.8 Å². The van der Waals surface area contributed by atoms with Crippen molar-refractivity contribution in [1.82, 2.24) is 0 Å². The van der Waals surface area contributed by atoms with Gasteiger partial charge in [-0.3, -0.25) is 9.59 Å². The largest absolute Gasteiger partial charge is 0.434 e. The van der Waals surface area contributed by atoms with Crippen LogP contribution in [0.1, 0.15) is 24.0 Å². The van der Waals surface area contributed by atoms with E-state index in [9.17, 15) is 9.59 Å². The first kappa shape index (κ1) is 17.2. The van der Waals surface area contributed by atoms with Crippen molar-refractivity contribution in [3.8, 4) is 0 Å². The number of hydrogen-bond donors (Lipinski definition) is 0. The molecule has 2 aromatic carbocycles. The van der Waals surface area contributed by atoms with Gasteiger partial charge in [0.1, 0.15) is 0 Å². The van der Waals surface area contributed by atoms with Crippen LogP contribution in [-0.4, -0.2) is 11.9 Å². The van der Waals surface area contributed by atoms with Gasteiger partial charge in [0.05, 0.1) is 25.4 Å². The van der Waals surface area contributed by atoms with Crippen LogP contribution in [0.15, 0.2) is 73.2 Å². The molecule has 4 heteroatoms. The number of rotatable bonds is 7.